The predicted molar refractivity (Wildman–Crippen MR) is 68.9 cm³/mol. The SMILES string of the molecule is O=C(Nc1ccc(C#CCCCCO)cc1)C(F)(F)F. The number of carbonyl (C=O) groups is 1. The van der Waals surface area contributed by atoms with Crippen molar-refractivity contribution in [1.29, 1.82) is 0 Å². The molecule has 1 aromatic rings. The predicted octanol–water partition coefficient (Wildman–Crippen LogP) is 2.70. The highest BCUT2D eigenvalue weighted by Gasteiger charge is 2.38. The number of carbonyl (C=O) groups excluding carboxylic acids is 1. The lowest BCUT2D eigenvalue weighted by molar-refractivity contribution is -0.167. The molecule has 0 saturated carbocycles. The fourth-order valence-electron chi connectivity index (χ4n) is 1.33. The topological polar surface area (TPSA) is 49.3 Å². The molecule has 0 aromatic heterocycles. The first-order valence-electron chi connectivity index (χ1n) is 6.01. The largest absolute Gasteiger partial charge is 0.471 e. The molecule has 0 spiro atoms. The smallest absolute Gasteiger partial charge is 0.396 e. The van der Waals surface area contributed by atoms with E-state index in [0.29, 0.717) is 18.4 Å². The van der Waals surface area contributed by atoms with Gasteiger partial charge in [-0.25, -0.2) is 0 Å². The summed E-state index contributed by atoms with van der Waals surface area (Å²) in [6, 6.07) is 5.79. The highest BCUT2D eigenvalue weighted by atomic mass is 19.4. The molecular formula is C14H14F3NO2. The van der Waals surface area contributed by atoms with Gasteiger partial charge in [0.2, 0.25) is 0 Å². The maximum atomic E-state index is 12.0. The van der Waals surface area contributed by atoms with Crippen LogP contribution in [0, 0.1) is 11.8 Å². The molecule has 0 heterocycles. The first-order chi connectivity index (χ1) is 9.43. The Kier molecular flexibility index (Phi) is 6.07. The molecule has 0 fully saturated rings. The number of anilines is 1. The van der Waals surface area contributed by atoms with Gasteiger partial charge >= 0.3 is 12.1 Å². The summed E-state index contributed by atoms with van der Waals surface area (Å²) in [5, 5.41) is 10.3. The molecule has 0 atom stereocenters. The molecule has 0 radical (unpaired) electrons. The highest BCUT2D eigenvalue weighted by Crippen LogP contribution is 2.18. The lowest BCUT2D eigenvalue weighted by Gasteiger charge is -2.07. The number of amides is 1. The third-order valence-corrected chi connectivity index (χ3v) is 2.34. The molecule has 0 aliphatic rings. The summed E-state index contributed by atoms with van der Waals surface area (Å²) in [6.45, 7) is 0.134. The van der Waals surface area contributed by atoms with E-state index in [1.165, 1.54) is 24.3 Å². The van der Waals surface area contributed by atoms with Crippen LogP contribution in [-0.4, -0.2) is 23.8 Å². The van der Waals surface area contributed by atoms with E-state index < -0.39 is 12.1 Å². The van der Waals surface area contributed by atoms with Crippen molar-refractivity contribution in [1.82, 2.24) is 0 Å². The van der Waals surface area contributed by atoms with Gasteiger partial charge in [-0.15, -0.1) is 0 Å². The molecule has 0 saturated heterocycles. The van der Waals surface area contributed by atoms with Crippen molar-refractivity contribution < 1.29 is 23.1 Å². The number of alkyl halides is 3. The van der Waals surface area contributed by atoms with Gasteiger partial charge in [-0.3, -0.25) is 4.79 Å². The summed E-state index contributed by atoms with van der Waals surface area (Å²) in [5.74, 6) is 3.74. The molecule has 6 heteroatoms. The van der Waals surface area contributed by atoms with Gasteiger partial charge < -0.3 is 10.4 Å². The summed E-state index contributed by atoms with van der Waals surface area (Å²) in [4.78, 5) is 10.7. The zero-order valence-electron chi connectivity index (χ0n) is 10.6. The highest BCUT2D eigenvalue weighted by molar-refractivity contribution is 5.94. The average Bonchev–Trinajstić information content (AvgIpc) is 2.39. The lowest BCUT2D eigenvalue weighted by Crippen LogP contribution is -2.29. The molecule has 3 nitrogen and oxygen atoms in total. The molecule has 1 aromatic carbocycles. The van der Waals surface area contributed by atoms with Crippen molar-refractivity contribution in [2.45, 2.75) is 25.4 Å². The second-order valence-electron chi connectivity index (χ2n) is 4.01. The van der Waals surface area contributed by atoms with Crippen molar-refractivity contribution in [3.8, 4) is 11.8 Å². The van der Waals surface area contributed by atoms with E-state index in [1.54, 1.807) is 5.32 Å². The van der Waals surface area contributed by atoms with Gasteiger partial charge in [0.05, 0.1) is 0 Å². The van der Waals surface area contributed by atoms with Crippen molar-refractivity contribution in [2.24, 2.45) is 0 Å². The maximum absolute atomic E-state index is 12.0. The standard InChI is InChI=1S/C14H14F3NO2/c15-14(16,17)13(20)18-12-8-6-11(7-9-12)5-3-1-2-4-10-19/h6-9,19H,1-2,4,10H2,(H,18,20). The second kappa shape index (κ2) is 7.56. The summed E-state index contributed by atoms with van der Waals surface area (Å²) in [6.07, 6.45) is -2.77. The molecule has 108 valence electrons. The third-order valence-electron chi connectivity index (χ3n) is 2.34. The molecule has 1 amide bonds. The van der Waals surface area contributed by atoms with Crippen LogP contribution in [-0.2, 0) is 4.79 Å². The Morgan fingerprint density at radius 1 is 1.20 bits per heavy atom. The molecule has 20 heavy (non-hydrogen) atoms. The van der Waals surface area contributed by atoms with Crippen LogP contribution in [0.5, 0.6) is 0 Å². The monoisotopic (exact) mass is 285 g/mol. The average molecular weight is 285 g/mol. The summed E-state index contributed by atoms with van der Waals surface area (Å²) in [5.41, 5.74) is 0.720. The first kappa shape index (κ1) is 16.1. The lowest BCUT2D eigenvalue weighted by atomic mass is 10.2. The van der Waals surface area contributed by atoms with Crippen molar-refractivity contribution >= 4 is 11.6 Å². The van der Waals surface area contributed by atoms with Gasteiger partial charge in [0.15, 0.2) is 0 Å². The minimum atomic E-state index is -4.90. The van der Waals surface area contributed by atoms with E-state index in [2.05, 4.69) is 11.8 Å². The van der Waals surface area contributed by atoms with Gasteiger partial charge in [0, 0.05) is 24.3 Å². The van der Waals surface area contributed by atoms with Crippen LogP contribution in [0.3, 0.4) is 0 Å². The van der Waals surface area contributed by atoms with Gasteiger partial charge in [-0.1, -0.05) is 11.8 Å². The van der Waals surface area contributed by atoms with Crippen LogP contribution in [0.15, 0.2) is 24.3 Å². The Labute approximate surface area is 114 Å². The van der Waals surface area contributed by atoms with Gasteiger partial charge in [0.25, 0.3) is 0 Å². The Balaban J connectivity index is 2.54. The normalized spacial score (nSPS) is 10.6. The zero-order chi connectivity index (χ0) is 15.0. The van der Waals surface area contributed by atoms with E-state index in [0.717, 1.165) is 6.42 Å². The number of nitrogens with one attached hydrogen (secondary N) is 1. The number of aliphatic hydroxyl groups is 1. The van der Waals surface area contributed by atoms with Crippen molar-refractivity contribution in [2.75, 3.05) is 11.9 Å². The molecule has 0 unspecified atom stereocenters. The van der Waals surface area contributed by atoms with E-state index in [9.17, 15) is 18.0 Å². The van der Waals surface area contributed by atoms with Gasteiger partial charge in [-0.05, 0) is 37.1 Å². The van der Waals surface area contributed by atoms with Crippen LogP contribution in [0.1, 0.15) is 24.8 Å². The Morgan fingerprint density at radius 3 is 2.40 bits per heavy atom. The van der Waals surface area contributed by atoms with Gasteiger partial charge in [-0.2, -0.15) is 13.2 Å². The molecule has 1 rings (SSSR count). The minimum absolute atomic E-state index is 0.0677. The van der Waals surface area contributed by atoms with Crippen molar-refractivity contribution in [3.05, 3.63) is 29.8 Å². The van der Waals surface area contributed by atoms with Crippen LogP contribution in [0.25, 0.3) is 0 Å². The Bertz CT molecular complexity index is 498. The number of aliphatic hydroxyl groups excluding tert-OH is 1. The summed E-state index contributed by atoms with van der Waals surface area (Å²) >= 11 is 0. The Morgan fingerprint density at radius 2 is 1.85 bits per heavy atom. The van der Waals surface area contributed by atoms with E-state index in [-0.39, 0.29) is 12.3 Å². The first-order valence-corrected chi connectivity index (χ1v) is 6.01. The third kappa shape index (κ3) is 5.76. The number of halogens is 3. The fourth-order valence-corrected chi connectivity index (χ4v) is 1.33. The van der Waals surface area contributed by atoms with Crippen LogP contribution < -0.4 is 5.32 Å². The number of benzene rings is 1. The molecule has 0 bridgehead atoms. The number of unbranched alkanes of at least 4 members (excludes halogenated alkanes) is 2. The van der Waals surface area contributed by atoms with E-state index in [4.69, 9.17) is 5.11 Å². The molecular weight excluding hydrogens is 271 g/mol. The van der Waals surface area contributed by atoms with Crippen LogP contribution in [0.4, 0.5) is 18.9 Å². The molecule has 0 aliphatic heterocycles. The van der Waals surface area contributed by atoms with Gasteiger partial charge in [0.1, 0.15) is 0 Å². The summed E-state index contributed by atoms with van der Waals surface area (Å²) in [7, 11) is 0. The van der Waals surface area contributed by atoms with Crippen LogP contribution in [0.2, 0.25) is 0 Å². The minimum Gasteiger partial charge on any atom is -0.396 e. The zero-order valence-corrected chi connectivity index (χ0v) is 10.6. The number of hydrogen-bond acceptors (Lipinski definition) is 2. The van der Waals surface area contributed by atoms with E-state index in [1.807, 2.05) is 0 Å². The number of hydrogen-bond donors (Lipinski definition) is 2. The maximum Gasteiger partial charge on any atom is 0.471 e. The molecule has 2 N–H and O–H groups in total. The molecule has 0 aliphatic carbocycles. The van der Waals surface area contributed by atoms with E-state index >= 15 is 0 Å². The number of rotatable bonds is 4. The van der Waals surface area contributed by atoms with Crippen molar-refractivity contribution in [3.63, 3.8) is 0 Å². The quantitative estimate of drug-likeness (QED) is 0.660. The Hall–Kier alpha value is -2.00. The van der Waals surface area contributed by atoms with Crippen LogP contribution >= 0.6 is 0 Å². The summed E-state index contributed by atoms with van der Waals surface area (Å²) < 4.78 is 36.1. The fraction of sp³-hybridized carbons (Fsp3) is 0.357. The second-order valence-corrected chi connectivity index (χ2v) is 4.01.